The lowest BCUT2D eigenvalue weighted by atomic mass is 10.0. The summed E-state index contributed by atoms with van der Waals surface area (Å²) in [7, 11) is -18.1. The standard InChI is InChI=1S/C38H83O15P5/c1-13-35(55(40,46-16-4)47-17-5)30-27-31-36(56(41,48-18-6)49-19-7)29-24-25-32-37(57(42,50-20-8)51-21-9)38(58(43,52-22-10)53-23-11)33-26-28-34(12)54(39,44-14-2)45-15-3/h34-38H,13-33H2,1-12H3. The second-order valence-corrected chi connectivity index (χ2v) is 25.4. The molecular weight excluding hydrogens is 851 g/mol. The van der Waals surface area contributed by atoms with E-state index in [1.807, 2.05) is 13.8 Å². The Morgan fingerprint density at radius 3 is 0.931 bits per heavy atom. The van der Waals surface area contributed by atoms with E-state index in [0.717, 1.165) is 0 Å². The Bertz CT molecular complexity index is 1250. The molecule has 0 aliphatic heterocycles. The molecule has 350 valence electrons. The van der Waals surface area contributed by atoms with Crippen molar-refractivity contribution >= 4 is 38.0 Å². The lowest BCUT2D eigenvalue weighted by Crippen LogP contribution is -2.31. The van der Waals surface area contributed by atoms with Crippen LogP contribution >= 0.6 is 38.0 Å². The molecule has 0 fully saturated rings. The van der Waals surface area contributed by atoms with Gasteiger partial charge in [-0.3, -0.25) is 22.8 Å². The highest BCUT2D eigenvalue weighted by molar-refractivity contribution is 7.59. The zero-order valence-corrected chi connectivity index (χ0v) is 42.6. The molecule has 0 amide bonds. The minimum Gasteiger partial charge on any atom is -0.309 e. The quantitative estimate of drug-likeness (QED) is 0.0418. The van der Waals surface area contributed by atoms with Gasteiger partial charge in [0.05, 0.1) is 94.4 Å². The van der Waals surface area contributed by atoms with Crippen LogP contribution in [0.25, 0.3) is 0 Å². The van der Waals surface area contributed by atoms with Crippen molar-refractivity contribution in [3.8, 4) is 0 Å². The van der Waals surface area contributed by atoms with Crippen molar-refractivity contribution in [1.82, 2.24) is 0 Å². The fraction of sp³-hybridized carbons (Fsp3) is 1.00. The number of unbranched alkanes of at least 4 members (excludes halogenated alkanes) is 1. The van der Waals surface area contributed by atoms with Crippen molar-refractivity contribution in [1.29, 1.82) is 0 Å². The van der Waals surface area contributed by atoms with Crippen LogP contribution < -0.4 is 0 Å². The largest absolute Gasteiger partial charge is 0.334 e. The van der Waals surface area contributed by atoms with Crippen molar-refractivity contribution < 1.29 is 68.1 Å². The van der Waals surface area contributed by atoms with Gasteiger partial charge in [0.15, 0.2) is 0 Å². The Morgan fingerprint density at radius 2 is 0.569 bits per heavy atom. The van der Waals surface area contributed by atoms with Crippen molar-refractivity contribution in [2.75, 3.05) is 66.1 Å². The molecule has 0 aliphatic carbocycles. The second-order valence-electron chi connectivity index (χ2n) is 13.7. The highest BCUT2D eigenvalue weighted by Crippen LogP contribution is 2.67. The van der Waals surface area contributed by atoms with Crippen LogP contribution in [-0.2, 0) is 68.1 Å². The Balaban J connectivity index is 6.75. The van der Waals surface area contributed by atoms with Gasteiger partial charge >= 0.3 is 38.0 Å². The summed E-state index contributed by atoms with van der Waals surface area (Å²) in [6.07, 6.45) is 5.11. The maximum atomic E-state index is 14.8. The SMILES string of the molecule is CCOP(=O)(OCC)C(C)CCCC(C(CCCCC(CCCC(CC)P(=O)(OCC)OCC)P(=O)(OCC)OCC)P(=O)(OCC)OCC)P(=O)(OCC)OCC. The zero-order chi connectivity index (χ0) is 44.3. The summed E-state index contributed by atoms with van der Waals surface area (Å²) in [5.41, 5.74) is -2.98. The first kappa shape index (κ1) is 58.8. The van der Waals surface area contributed by atoms with E-state index < -0.39 is 60.6 Å². The molecule has 0 aromatic carbocycles. The number of rotatable bonds is 40. The van der Waals surface area contributed by atoms with Gasteiger partial charge in [-0.05, 0) is 114 Å². The Labute approximate surface area is 353 Å². The highest BCUT2D eigenvalue weighted by atomic mass is 31.2. The molecule has 0 aromatic heterocycles. The molecule has 58 heavy (non-hydrogen) atoms. The third kappa shape index (κ3) is 19.2. The van der Waals surface area contributed by atoms with Gasteiger partial charge in [0, 0.05) is 0 Å². The van der Waals surface area contributed by atoms with Gasteiger partial charge in [-0.2, -0.15) is 0 Å². The van der Waals surface area contributed by atoms with Crippen molar-refractivity contribution in [3.05, 3.63) is 0 Å². The van der Waals surface area contributed by atoms with Gasteiger partial charge < -0.3 is 45.2 Å². The average molecular weight is 935 g/mol. The normalized spacial score (nSPS) is 16.0. The molecule has 0 spiro atoms. The topological polar surface area (TPSA) is 178 Å². The molecule has 0 saturated carbocycles. The van der Waals surface area contributed by atoms with Gasteiger partial charge in [0.2, 0.25) is 0 Å². The Kier molecular flexibility index (Phi) is 32.0. The third-order valence-electron chi connectivity index (χ3n) is 9.74. The summed E-state index contributed by atoms with van der Waals surface area (Å²) in [6.45, 7) is 23.2. The van der Waals surface area contributed by atoms with Gasteiger partial charge in [0.1, 0.15) is 0 Å². The van der Waals surface area contributed by atoms with Crippen molar-refractivity contribution in [3.63, 3.8) is 0 Å². The first-order valence-electron chi connectivity index (χ1n) is 22.0. The van der Waals surface area contributed by atoms with Crippen LogP contribution in [0.4, 0.5) is 0 Å². The zero-order valence-electron chi connectivity index (χ0n) is 38.1. The summed E-state index contributed by atoms with van der Waals surface area (Å²) < 4.78 is 129. The summed E-state index contributed by atoms with van der Waals surface area (Å²) in [6, 6.07) is 0. The Hall–Kier alpha value is 0.750. The van der Waals surface area contributed by atoms with Gasteiger partial charge in [-0.15, -0.1) is 0 Å². The first-order chi connectivity index (χ1) is 27.5. The van der Waals surface area contributed by atoms with E-state index >= 15 is 0 Å². The molecule has 20 heteroatoms. The lowest BCUT2D eigenvalue weighted by Gasteiger charge is -2.36. The van der Waals surface area contributed by atoms with Crippen LogP contribution in [0.5, 0.6) is 0 Å². The third-order valence-corrected chi connectivity index (χ3v) is 23.3. The lowest BCUT2D eigenvalue weighted by molar-refractivity contribution is 0.189. The minimum atomic E-state index is -3.92. The summed E-state index contributed by atoms with van der Waals surface area (Å²) >= 11 is 0. The smallest absolute Gasteiger partial charge is 0.309 e. The van der Waals surface area contributed by atoms with Crippen LogP contribution in [0.2, 0.25) is 0 Å². The molecule has 5 unspecified atom stereocenters. The maximum Gasteiger partial charge on any atom is 0.334 e. The molecule has 0 aromatic rings. The second kappa shape index (κ2) is 31.6. The van der Waals surface area contributed by atoms with Crippen LogP contribution in [-0.4, -0.2) is 94.4 Å². The van der Waals surface area contributed by atoms with E-state index in [1.54, 1.807) is 69.2 Å². The molecule has 0 N–H and O–H groups in total. The van der Waals surface area contributed by atoms with E-state index in [4.69, 9.17) is 45.2 Å². The number of hydrogen-bond donors (Lipinski definition) is 0. The molecule has 0 aliphatic rings. The van der Waals surface area contributed by atoms with Crippen LogP contribution in [0.15, 0.2) is 0 Å². The van der Waals surface area contributed by atoms with Gasteiger partial charge in [-0.1, -0.05) is 39.5 Å². The maximum absolute atomic E-state index is 14.8. The van der Waals surface area contributed by atoms with Crippen LogP contribution in [0.1, 0.15) is 154 Å². The summed E-state index contributed by atoms with van der Waals surface area (Å²) in [5.74, 6) is 0. The molecular formula is C38H83O15P5. The van der Waals surface area contributed by atoms with E-state index in [-0.39, 0.29) is 84.6 Å². The Morgan fingerprint density at radius 1 is 0.310 bits per heavy atom. The van der Waals surface area contributed by atoms with E-state index in [2.05, 4.69) is 0 Å². The van der Waals surface area contributed by atoms with E-state index in [9.17, 15) is 22.8 Å². The average Bonchev–Trinajstić information content (AvgIpc) is 3.15. The summed E-state index contributed by atoms with van der Waals surface area (Å²) in [4.78, 5) is 0. The molecule has 0 radical (unpaired) electrons. The molecule has 0 rings (SSSR count). The van der Waals surface area contributed by atoms with Gasteiger partial charge in [-0.25, -0.2) is 0 Å². The van der Waals surface area contributed by atoms with Crippen LogP contribution in [0.3, 0.4) is 0 Å². The fourth-order valence-corrected chi connectivity index (χ4v) is 19.0. The molecule has 0 bridgehead atoms. The van der Waals surface area contributed by atoms with Crippen molar-refractivity contribution in [2.24, 2.45) is 0 Å². The van der Waals surface area contributed by atoms with E-state index in [0.29, 0.717) is 57.8 Å². The molecule has 0 heterocycles. The fourth-order valence-electron chi connectivity index (χ4n) is 7.32. The monoisotopic (exact) mass is 934 g/mol. The summed E-state index contributed by atoms with van der Waals surface area (Å²) in [5, 5.41) is 0. The van der Waals surface area contributed by atoms with E-state index in [1.165, 1.54) is 0 Å². The van der Waals surface area contributed by atoms with Gasteiger partial charge in [0.25, 0.3) is 0 Å². The first-order valence-corrected chi connectivity index (χ1v) is 30.0. The predicted molar refractivity (Wildman–Crippen MR) is 235 cm³/mol. The van der Waals surface area contributed by atoms with Crippen LogP contribution in [0, 0.1) is 0 Å². The minimum absolute atomic E-state index is 0.100. The predicted octanol–water partition coefficient (Wildman–Crippen LogP) is 13.5. The molecule has 5 atom stereocenters. The van der Waals surface area contributed by atoms with Crippen molar-refractivity contribution in [2.45, 2.75) is 182 Å². The molecule has 15 nitrogen and oxygen atoms in total. The molecule has 0 saturated heterocycles. The number of hydrogen-bond acceptors (Lipinski definition) is 15. The highest BCUT2D eigenvalue weighted by Gasteiger charge is 2.50.